The van der Waals surface area contributed by atoms with Crippen LogP contribution in [0.15, 0.2) is 11.1 Å². The average molecular weight is 297 g/mol. The van der Waals surface area contributed by atoms with Gasteiger partial charge in [-0.05, 0) is 25.3 Å². The first-order valence-corrected chi connectivity index (χ1v) is 7.44. The third-order valence-electron chi connectivity index (χ3n) is 2.47. The summed E-state index contributed by atoms with van der Waals surface area (Å²) in [5.74, 6) is 0.263. The molecule has 1 heterocycles. The van der Waals surface area contributed by atoms with Gasteiger partial charge in [0.1, 0.15) is 0 Å². The number of sulfonamides is 1. The van der Waals surface area contributed by atoms with E-state index in [0.29, 0.717) is 0 Å². The lowest BCUT2D eigenvalue weighted by Crippen LogP contribution is -2.39. The molecule has 1 rings (SSSR count). The lowest BCUT2D eigenvalue weighted by molar-refractivity contribution is 0.202. The number of halogens is 1. The number of hydrogen-bond donors (Lipinski definition) is 1. The lowest BCUT2D eigenvalue weighted by Gasteiger charge is -2.31. The smallest absolute Gasteiger partial charge is 0.209 e. The number of nitrogens with zero attached hydrogens (tertiary/aromatic N) is 1. The summed E-state index contributed by atoms with van der Waals surface area (Å²) >= 11 is 3.31. The average Bonchev–Trinajstić information content (AvgIpc) is 1.99. The van der Waals surface area contributed by atoms with Crippen molar-refractivity contribution in [3.63, 3.8) is 0 Å². The fourth-order valence-electron chi connectivity index (χ4n) is 2.00. The molecule has 0 amide bonds. The van der Waals surface area contributed by atoms with Gasteiger partial charge in [0.25, 0.3) is 0 Å². The van der Waals surface area contributed by atoms with Crippen LogP contribution in [0.5, 0.6) is 0 Å². The Labute approximate surface area is 99.7 Å². The molecule has 1 aliphatic heterocycles. The largest absolute Gasteiger partial charge is 0.298 e. The Morgan fingerprint density at radius 2 is 2.27 bits per heavy atom. The fraction of sp³-hybridized carbons (Fsp3) is 0.778. The molecule has 0 saturated carbocycles. The Hall–Kier alpha value is 0.0900. The van der Waals surface area contributed by atoms with Crippen molar-refractivity contribution in [1.82, 2.24) is 4.90 Å². The number of primary sulfonamides is 1. The van der Waals surface area contributed by atoms with E-state index < -0.39 is 10.0 Å². The van der Waals surface area contributed by atoms with Crippen LogP contribution in [-0.4, -0.2) is 38.7 Å². The normalized spacial score (nSPS) is 24.0. The predicted molar refractivity (Wildman–Crippen MR) is 65.2 cm³/mol. The van der Waals surface area contributed by atoms with E-state index in [9.17, 15) is 8.42 Å². The monoisotopic (exact) mass is 296 g/mol. The molecular weight excluding hydrogens is 280 g/mol. The van der Waals surface area contributed by atoms with Crippen LogP contribution >= 0.6 is 15.9 Å². The number of piperidine rings is 1. The molecule has 4 nitrogen and oxygen atoms in total. The van der Waals surface area contributed by atoms with Crippen molar-refractivity contribution < 1.29 is 8.42 Å². The highest BCUT2D eigenvalue weighted by Gasteiger charge is 2.23. The number of nitrogens with two attached hydrogens (primary N) is 1. The third-order valence-corrected chi connectivity index (χ3v) is 3.65. The van der Waals surface area contributed by atoms with E-state index in [4.69, 9.17) is 5.14 Å². The zero-order valence-corrected chi connectivity index (χ0v) is 11.1. The fourth-order valence-corrected chi connectivity index (χ4v) is 3.29. The molecule has 0 aliphatic carbocycles. The maximum Gasteiger partial charge on any atom is 0.209 e. The van der Waals surface area contributed by atoms with Crippen LogP contribution in [0, 0.1) is 5.92 Å². The van der Waals surface area contributed by atoms with Gasteiger partial charge >= 0.3 is 0 Å². The van der Waals surface area contributed by atoms with Gasteiger partial charge in [-0.2, -0.15) is 0 Å². The van der Waals surface area contributed by atoms with E-state index in [1.807, 2.05) is 0 Å². The van der Waals surface area contributed by atoms with Crippen LogP contribution < -0.4 is 5.14 Å². The summed E-state index contributed by atoms with van der Waals surface area (Å²) in [4.78, 5) is 2.20. The second-order valence-corrected chi connectivity index (χ2v) is 6.87. The van der Waals surface area contributed by atoms with Crippen molar-refractivity contribution in [2.75, 3.05) is 25.4 Å². The summed E-state index contributed by atoms with van der Waals surface area (Å²) in [5.41, 5.74) is 0. The predicted octanol–water partition coefficient (Wildman–Crippen LogP) is 0.896. The Balaban J connectivity index is 2.45. The van der Waals surface area contributed by atoms with Crippen LogP contribution in [-0.2, 0) is 10.0 Å². The van der Waals surface area contributed by atoms with Gasteiger partial charge in [0.15, 0.2) is 0 Å². The number of likely N-dealkylation sites (tertiary alicyclic amines) is 1. The summed E-state index contributed by atoms with van der Waals surface area (Å²) in [6.45, 7) is 6.36. The van der Waals surface area contributed by atoms with E-state index in [-0.39, 0.29) is 11.7 Å². The zero-order valence-electron chi connectivity index (χ0n) is 8.65. The van der Waals surface area contributed by atoms with E-state index in [0.717, 1.165) is 37.0 Å². The van der Waals surface area contributed by atoms with Crippen molar-refractivity contribution in [2.45, 2.75) is 12.8 Å². The molecule has 1 fully saturated rings. The molecule has 0 aromatic heterocycles. The van der Waals surface area contributed by atoms with Gasteiger partial charge in [-0.3, -0.25) is 4.90 Å². The second-order valence-electron chi connectivity index (χ2n) is 4.09. The molecule has 0 aromatic rings. The van der Waals surface area contributed by atoms with Crippen molar-refractivity contribution >= 4 is 26.0 Å². The highest BCUT2D eigenvalue weighted by Crippen LogP contribution is 2.19. The highest BCUT2D eigenvalue weighted by atomic mass is 79.9. The zero-order chi connectivity index (χ0) is 11.5. The molecule has 0 bridgehead atoms. The summed E-state index contributed by atoms with van der Waals surface area (Å²) in [7, 11) is -3.34. The Morgan fingerprint density at radius 1 is 1.60 bits per heavy atom. The summed E-state index contributed by atoms with van der Waals surface area (Å²) in [6, 6.07) is 0. The molecule has 0 unspecified atom stereocenters. The quantitative estimate of drug-likeness (QED) is 0.838. The summed E-state index contributed by atoms with van der Waals surface area (Å²) < 4.78 is 22.9. The molecule has 0 aromatic carbocycles. The van der Waals surface area contributed by atoms with E-state index in [1.54, 1.807) is 0 Å². The van der Waals surface area contributed by atoms with Gasteiger partial charge in [-0.25, -0.2) is 13.6 Å². The maximum atomic E-state index is 11.0. The lowest BCUT2D eigenvalue weighted by atomic mass is 10.0. The Morgan fingerprint density at radius 3 is 2.80 bits per heavy atom. The minimum absolute atomic E-state index is 0.0955. The van der Waals surface area contributed by atoms with Crippen LogP contribution in [0.3, 0.4) is 0 Å². The third kappa shape index (κ3) is 5.65. The van der Waals surface area contributed by atoms with Gasteiger partial charge < -0.3 is 0 Å². The minimum atomic E-state index is -3.34. The molecule has 1 atom stereocenters. The molecule has 1 saturated heterocycles. The second kappa shape index (κ2) is 5.43. The first kappa shape index (κ1) is 13.2. The number of hydrogen-bond acceptors (Lipinski definition) is 3. The van der Waals surface area contributed by atoms with Gasteiger partial charge in [0, 0.05) is 17.6 Å². The molecule has 2 N–H and O–H groups in total. The van der Waals surface area contributed by atoms with E-state index in [2.05, 4.69) is 27.4 Å². The van der Waals surface area contributed by atoms with Crippen molar-refractivity contribution in [3.05, 3.63) is 11.1 Å². The van der Waals surface area contributed by atoms with Gasteiger partial charge in [0.05, 0.1) is 5.75 Å². The van der Waals surface area contributed by atoms with Crippen LogP contribution in [0.25, 0.3) is 0 Å². The molecule has 1 aliphatic rings. The van der Waals surface area contributed by atoms with Crippen molar-refractivity contribution in [3.8, 4) is 0 Å². The standard InChI is InChI=1S/C9H17BrN2O2S/c1-8(10)5-12-4-2-3-9(6-12)7-15(11,13)14/h9H,1-7H2,(H2,11,13,14)/t9-/m0/s1. The number of rotatable bonds is 4. The summed E-state index contributed by atoms with van der Waals surface area (Å²) in [5, 5.41) is 5.04. The maximum absolute atomic E-state index is 11.0. The molecular formula is C9H17BrN2O2S. The van der Waals surface area contributed by atoms with Crippen molar-refractivity contribution in [2.24, 2.45) is 11.1 Å². The SMILES string of the molecule is C=C(Br)CN1CCC[C@H](CS(N)(=O)=O)C1. The molecule has 15 heavy (non-hydrogen) atoms. The Bertz CT molecular complexity index is 329. The van der Waals surface area contributed by atoms with E-state index in [1.165, 1.54) is 0 Å². The van der Waals surface area contributed by atoms with Gasteiger partial charge in [0.2, 0.25) is 10.0 Å². The topological polar surface area (TPSA) is 63.4 Å². The minimum Gasteiger partial charge on any atom is -0.298 e. The van der Waals surface area contributed by atoms with Gasteiger partial charge in [-0.15, -0.1) is 0 Å². The molecule has 0 radical (unpaired) electrons. The molecule has 0 spiro atoms. The highest BCUT2D eigenvalue weighted by molar-refractivity contribution is 9.11. The van der Waals surface area contributed by atoms with Crippen LogP contribution in [0.1, 0.15) is 12.8 Å². The van der Waals surface area contributed by atoms with E-state index >= 15 is 0 Å². The first-order chi connectivity index (χ1) is 6.87. The molecule has 6 heteroatoms. The Kier molecular flexibility index (Phi) is 4.76. The van der Waals surface area contributed by atoms with Crippen LogP contribution in [0.2, 0.25) is 0 Å². The first-order valence-electron chi connectivity index (χ1n) is 4.93. The summed E-state index contributed by atoms with van der Waals surface area (Å²) in [6.07, 6.45) is 1.97. The van der Waals surface area contributed by atoms with Gasteiger partial charge in [-0.1, -0.05) is 22.5 Å². The van der Waals surface area contributed by atoms with Crippen LogP contribution in [0.4, 0.5) is 0 Å². The molecule has 88 valence electrons. The van der Waals surface area contributed by atoms with Crippen molar-refractivity contribution in [1.29, 1.82) is 0 Å².